The third kappa shape index (κ3) is 5.87. The Hall–Kier alpha value is -0.540. The normalized spacial score (nSPS) is 12.2. The summed E-state index contributed by atoms with van der Waals surface area (Å²) >= 11 is 1.86. The van der Waals surface area contributed by atoms with Gasteiger partial charge in [-0.1, -0.05) is 19.9 Å². The Labute approximate surface area is 116 Å². The van der Waals surface area contributed by atoms with Crippen LogP contribution in [0.5, 0.6) is 0 Å². The average Bonchev–Trinajstić information content (AvgIpc) is 2.24. The lowest BCUT2D eigenvalue weighted by atomic mass is 10.1. The second-order valence-corrected chi connectivity index (χ2v) is 7.28. The van der Waals surface area contributed by atoms with Gasteiger partial charge in [0.2, 0.25) is 0 Å². The second kappa shape index (κ2) is 6.58. The number of aryl methyl sites for hydroxylation is 1. The van der Waals surface area contributed by atoms with Gasteiger partial charge in [-0.05, 0) is 44.7 Å². The Bertz CT molecular complexity index is 381. The number of hydrogen-bond acceptors (Lipinski definition) is 3. The molecule has 3 heteroatoms. The van der Waals surface area contributed by atoms with Crippen LogP contribution in [-0.2, 0) is 6.54 Å². The van der Waals surface area contributed by atoms with Crippen LogP contribution in [-0.4, -0.2) is 16.3 Å². The van der Waals surface area contributed by atoms with E-state index in [0.717, 1.165) is 12.3 Å². The van der Waals surface area contributed by atoms with E-state index in [-0.39, 0.29) is 5.54 Å². The van der Waals surface area contributed by atoms with Crippen LogP contribution in [0.3, 0.4) is 0 Å². The molecule has 0 fully saturated rings. The van der Waals surface area contributed by atoms with Gasteiger partial charge in [-0.3, -0.25) is 0 Å². The van der Waals surface area contributed by atoms with Gasteiger partial charge >= 0.3 is 0 Å². The molecule has 0 aliphatic heterocycles. The Morgan fingerprint density at radius 2 is 2.00 bits per heavy atom. The van der Waals surface area contributed by atoms with Crippen molar-refractivity contribution in [3.8, 4) is 0 Å². The van der Waals surface area contributed by atoms with Crippen LogP contribution in [0.1, 0.15) is 45.7 Å². The van der Waals surface area contributed by atoms with Crippen LogP contribution in [0.15, 0.2) is 17.3 Å². The zero-order valence-corrected chi connectivity index (χ0v) is 13.3. The topological polar surface area (TPSA) is 24.9 Å². The Kier molecular flexibility index (Phi) is 5.67. The summed E-state index contributed by atoms with van der Waals surface area (Å²) in [4.78, 5) is 4.57. The summed E-state index contributed by atoms with van der Waals surface area (Å²) in [5, 5.41) is 4.66. The lowest BCUT2D eigenvalue weighted by molar-refractivity contribution is 0.424. The van der Waals surface area contributed by atoms with Gasteiger partial charge in [-0.2, -0.15) is 0 Å². The maximum absolute atomic E-state index is 4.57. The van der Waals surface area contributed by atoms with E-state index >= 15 is 0 Å². The minimum Gasteiger partial charge on any atom is -0.308 e. The van der Waals surface area contributed by atoms with Gasteiger partial charge in [0.05, 0.1) is 5.03 Å². The van der Waals surface area contributed by atoms with E-state index < -0.39 is 0 Å². The average molecular weight is 266 g/mol. The summed E-state index contributed by atoms with van der Waals surface area (Å²) in [7, 11) is 0. The van der Waals surface area contributed by atoms with Crippen LogP contribution in [0, 0.1) is 12.8 Å². The summed E-state index contributed by atoms with van der Waals surface area (Å²) in [5.74, 6) is 1.84. The van der Waals surface area contributed by atoms with E-state index in [1.54, 1.807) is 0 Å². The van der Waals surface area contributed by atoms with Crippen LogP contribution in [0.25, 0.3) is 0 Å². The number of pyridine rings is 1. The molecule has 0 spiro atoms. The molecule has 0 aliphatic rings. The summed E-state index contributed by atoms with van der Waals surface area (Å²) in [6.45, 7) is 14.1. The molecule has 0 aliphatic carbocycles. The fourth-order valence-corrected chi connectivity index (χ4v) is 2.39. The van der Waals surface area contributed by atoms with E-state index in [1.165, 1.54) is 16.2 Å². The van der Waals surface area contributed by atoms with Gasteiger partial charge in [-0.15, -0.1) is 11.8 Å². The highest BCUT2D eigenvalue weighted by molar-refractivity contribution is 7.99. The minimum absolute atomic E-state index is 0.152. The minimum atomic E-state index is 0.152. The van der Waals surface area contributed by atoms with Gasteiger partial charge in [0, 0.05) is 24.0 Å². The molecule has 0 saturated carbocycles. The summed E-state index contributed by atoms with van der Waals surface area (Å²) < 4.78 is 0. The molecule has 0 atom stereocenters. The zero-order valence-electron chi connectivity index (χ0n) is 12.5. The quantitative estimate of drug-likeness (QED) is 0.815. The molecule has 1 heterocycles. The summed E-state index contributed by atoms with van der Waals surface area (Å²) in [6.07, 6.45) is 1.99. The molecule has 0 unspecified atom stereocenters. The Morgan fingerprint density at radius 3 is 2.50 bits per heavy atom. The van der Waals surface area contributed by atoms with E-state index in [9.17, 15) is 0 Å². The third-order valence-electron chi connectivity index (χ3n) is 2.46. The lowest BCUT2D eigenvalue weighted by Crippen LogP contribution is -2.35. The highest BCUT2D eigenvalue weighted by Gasteiger charge is 2.09. The fourth-order valence-electron chi connectivity index (χ4n) is 1.48. The van der Waals surface area contributed by atoms with Crippen molar-refractivity contribution < 1.29 is 0 Å². The largest absolute Gasteiger partial charge is 0.308 e. The van der Waals surface area contributed by atoms with E-state index in [0.29, 0.717) is 5.92 Å². The first-order chi connectivity index (χ1) is 8.28. The Morgan fingerprint density at radius 1 is 1.33 bits per heavy atom. The molecule has 102 valence electrons. The standard InChI is InChI=1S/C15H26N2S/c1-11(2)10-18-14-12(3)7-13(8-16-14)9-17-15(4,5)6/h7-8,11,17H,9-10H2,1-6H3. The molecule has 1 aromatic rings. The van der Waals surface area contributed by atoms with E-state index in [1.807, 2.05) is 18.0 Å². The van der Waals surface area contributed by atoms with Crippen molar-refractivity contribution in [2.75, 3.05) is 5.75 Å². The lowest BCUT2D eigenvalue weighted by Gasteiger charge is -2.20. The summed E-state index contributed by atoms with van der Waals surface area (Å²) in [5.41, 5.74) is 2.70. The SMILES string of the molecule is Cc1cc(CNC(C)(C)C)cnc1SCC(C)C. The molecule has 0 bridgehead atoms. The van der Waals surface area contributed by atoms with Gasteiger partial charge in [-0.25, -0.2) is 4.98 Å². The van der Waals surface area contributed by atoms with Crippen LogP contribution < -0.4 is 5.32 Å². The number of aromatic nitrogens is 1. The number of hydrogen-bond donors (Lipinski definition) is 1. The third-order valence-corrected chi connectivity index (χ3v) is 4.00. The highest BCUT2D eigenvalue weighted by atomic mass is 32.2. The first-order valence-electron chi connectivity index (χ1n) is 6.61. The van der Waals surface area contributed by atoms with Crippen molar-refractivity contribution in [2.45, 2.75) is 58.7 Å². The van der Waals surface area contributed by atoms with Crippen molar-refractivity contribution in [1.29, 1.82) is 0 Å². The first-order valence-corrected chi connectivity index (χ1v) is 7.60. The van der Waals surface area contributed by atoms with Crippen LogP contribution in [0.2, 0.25) is 0 Å². The van der Waals surface area contributed by atoms with Crippen molar-refractivity contribution in [3.05, 3.63) is 23.4 Å². The predicted octanol–water partition coefficient (Wildman–Crippen LogP) is 4.03. The maximum Gasteiger partial charge on any atom is 0.0989 e. The molecule has 0 radical (unpaired) electrons. The van der Waals surface area contributed by atoms with Crippen LogP contribution in [0.4, 0.5) is 0 Å². The molecule has 0 aromatic carbocycles. The van der Waals surface area contributed by atoms with Crippen molar-refractivity contribution in [3.63, 3.8) is 0 Å². The van der Waals surface area contributed by atoms with Gasteiger partial charge in [0.25, 0.3) is 0 Å². The zero-order chi connectivity index (χ0) is 13.8. The molecule has 1 N–H and O–H groups in total. The molecule has 2 nitrogen and oxygen atoms in total. The molecular formula is C15H26N2S. The molecular weight excluding hydrogens is 240 g/mol. The van der Waals surface area contributed by atoms with Gasteiger partial charge < -0.3 is 5.32 Å². The second-order valence-electron chi connectivity index (χ2n) is 6.27. The van der Waals surface area contributed by atoms with Crippen LogP contribution >= 0.6 is 11.8 Å². The van der Waals surface area contributed by atoms with Crippen molar-refractivity contribution >= 4 is 11.8 Å². The number of nitrogens with one attached hydrogen (secondary N) is 1. The molecule has 0 amide bonds. The smallest absolute Gasteiger partial charge is 0.0989 e. The van der Waals surface area contributed by atoms with E-state index in [4.69, 9.17) is 0 Å². The number of nitrogens with zero attached hydrogens (tertiary/aromatic N) is 1. The Balaban J connectivity index is 2.62. The first kappa shape index (κ1) is 15.5. The molecule has 18 heavy (non-hydrogen) atoms. The molecule has 1 aromatic heterocycles. The molecule has 0 saturated heterocycles. The van der Waals surface area contributed by atoms with E-state index in [2.05, 4.69) is 57.9 Å². The van der Waals surface area contributed by atoms with Gasteiger partial charge in [0.15, 0.2) is 0 Å². The molecule has 1 rings (SSSR count). The van der Waals surface area contributed by atoms with Crippen molar-refractivity contribution in [1.82, 2.24) is 10.3 Å². The maximum atomic E-state index is 4.57. The summed E-state index contributed by atoms with van der Waals surface area (Å²) in [6, 6.07) is 2.24. The van der Waals surface area contributed by atoms with Gasteiger partial charge in [0.1, 0.15) is 0 Å². The monoisotopic (exact) mass is 266 g/mol. The van der Waals surface area contributed by atoms with Crippen molar-refractivity contribution in [2.24, 2.45) is 5.92 Å². The number of thioether (sulfide) groups is 1. The fraction of sp³-hybridized carbons (Fsp3) is 0.667. The highest BCUT2D eigenvalue weighted by Crippen LogP contribution is 2.22. The predicted molar refractivity (Wildman–Crippen MR) is 81.1 cm³/mol. The number of rotatable bonds is 5.